The van der Waals surface area contributed by atoms with Gasteiger partial charge >= 0.3 is 0 Å². The van der Waals surface area contributed by atoms with Crippen molar-refractivity contribution in [2.75, 3.05) is 0 Å². The zero-order valence-electron chi connectivity index (χ0n) is 7.66. The minimum atomic E-state index is -0.0602. The molecule has 0 spiro atoms. The van der Waals surface area contributed by atoms with E-state index in [1.54, 1.807) is 0 Å². The predicted molar refractivity (Wildman–Crippen MR) is 52.1 cm³/mol. The van der Waals surface area contributed by atoms with Gasteiger partial charge in [-0.15, -0.1) is 0 Å². The summed E-state index contributed by atoms with van der Waals surface area (Å²) in [6.45, 7) is 2.02. The van der Waals surface area contributed by atoms with Crippen LogP contribution in [0.4, 0.5) is 0 Å². The van der Waals surface area contributed by atoms with Gasteiger partial charge in [0.2, 0.25) is 5.91 Å². The summed E-state index contributed by atoms with van der Waals surface area (Å²) in [6, 6.07) is 0.178. The second kappa shape index (κ2) is 3.21. The number of hydrogen-bond acceptors (Lipinski definition) is 1. The third kappa shape index (κ3) is 1.57. The highest BCUT2D eigenvalue weighted by Gasteiger charge is 2.23. The van der Waals surface area contributed by atoms with Gasteiger partial charge in [0.1, 0.15) is 0 Å². The van der Waals surface area contributed by atoms with E-state index in [4.69, 9.17) is 0 Å². The first-order chi connectivity index (χ1) is 6.27. The number of carbonyl (C=O) groups is 1. The largest absolute Gasteiger partial charge is 0.349 e. The van der Waals surface area contributed by atoms with Gasteiger partial charge in [0.15, 0.2) is 0 Å². The highest BCUT2D eigenvalue weighted by atomic mass is 16.1. The normalized spacial score (nSPS) is 31.8. The first kappa shape index (κ1) is 8.30. The number of carbonyl (C=O) groups excluding carboxylic acids is 1. The van der Waals surface area contributed by atoms with Gasteiger partial charge in [0, 0.05) is 0 Å². The maximum absolute atomic E-state index is 11.6. The molecule has 1 N–H and O–H groups in total. The third-order valence-corrected chi connectivity index (χ3v) is 2.55. The third-order valence-electron chi connectivity index (χ3n) is 2.55. The van der Waals surface area contributed by atoms with Gasteiger partial charge in [0.25, 0.3) is 0 Å². The van der Waals surface area contributed by atoms with E-state index in [1.807, 2.05) is 31.2 Å². The van der Waals surface area contributed by atoms with Gasteiger partial charge in [-0.1, -0.05) is 36.0 Å². The first-order valence-electron chi connectivity index (χ1n) is 4.59. The van der Waals surface area contributed by atoms with Crippen LogP contribution in [0, 0.1) is 5.92 Å². The van der Waals surface area contributed by atoms with Gasteiger partial charge < -0.3 is 5.32 Å². The van der Waals surface area contributed by atoms with Crippen LogP contribution in [0.15, 0.2) is 36.0 Å². The van der Waals surface area contributed by atoms with Crippen LogP contribution in [0.3, 0.4) is 0 Å². The van der Waals surface area contributed by atoms with E-state index in [0.29, 0.717) is 0 Å². The minimum absolute atomic E-state index is 0.0602. The lowest BCUT2D eigenvalue weighted by Crippen LogP contribution is -2.36. The molecule has 1 amide bonds. The monoisotopic (exact) mass is 175 g/mol. The van der Waals surface area contributed by atoms with Crippen molar-refractivity contribution in [1.29, 1.82) is 0 Å². The summed E-state index contributed by atoms with van der Waals surface area (Å²) in [5.74, 6) is 0.0619. The number of hydrogen-bond donors (Lipinski definition) is 1. The quantitative estimate of drug-likeness (QED) is 0.556. The molecule has 0 aliphatic carbocycles. The molecule has 2 heterocycles. The van der Waals surface area contributed by atoms with E-state index in [9.17, 15) is 4.79 Å². The standard InChI is InChI=1S/C11H13NO/c1-8-6-7-9-4-2-3-5-10(8)11(13)12-9/h2-6,9-10H,7H2,1H3,(H,12,13)/t9-,10+/m1/s1. The first-order valence-corrected chi connectivity index (χ1v) is 4.59. The van der Waals surface area contributed by atoms with Crippen LogP contribution in [0.5, 0.6) is 0 Å². The van der Waals surface area contributed by atoms with Crippen molar-refractivity contribution in [3.05, 3.63) is 36.0 Å². The van der Waals surface area contributed by atoms with Crippen LogP contribution in [0.25, 0.3) is 0 Å². The molecule has 2 rings (SSSR count). The summed E-state index contributed by atoms with van der Waals surface area (Å²) in [7, 11) is 0. The molecular weight excluding hydrogens is 162 g/mol. The molecule has 2 bridgehead atoms. The van der Waals surface area contributed by atoms with Gasteiger partial charge in [-0.3, -0.25) is 4.79 Å². The lowest BCUT2D eigenvalue weighted by molar-refractivity contribution is -0.122. The Balaban J connectivity index is 2.41. The Bertz CT molecular complexity index is 312. The lowest BCUT2D eigenvalue weighted by atomic mass is 9.99. The topological polar surface area (TPSA) is 29.1 Å². The number of fused-ring (bicyclic) bond motifs is 3. The molecule has 2 atom stereocenters. The Hall–Kier alpha value is -1.31. The molecule has 0 fully saturated rings. The van der Waals surface area contributed by atoms with Crippen LogP contribution in [0.1, 0.15) is 13.3 Å². The fourth-order valence-electron chi connectivity index (χ4n) is 1.72. The number of amides is 1. The Morgan fingerprint density at radius 2 is 2.15 bits per heavy atom. The molecule has 0 saturated heterocycles. The van der Waals surface area contributed by atoms with Crippen LogP contribution >= 0.6 is 0 Å². The molecule has 0 aromatic rings. The average molecular weight is 175 g/mol. The van der Waals surface area contributed by atoms with Crippen molar-refractivity contribution < 1.29 is 4.79 Å². The molecule has 0 saturated carbocycles. The number of allylic oxidation sites excluding steroid dienone is 2. The Kier molecular flexibility index (Phi) is 2.05. The number of nitrogens with one attached hydrogen (secondary N) is 1. The fraction of sp³-hybridized carbons (Fsp3) is 0.364. The summed E-state index contributed by atoms with van der Waals surface area (Å²) < 4.78 is 0. The Morgan fingerprint density at radius 3 is 3.00 bits per heavy atom. The number of rotatable bonds is 0. The van der Waals surface area contributed by atoms with Crippen LogP contribution < -0.4 is 5.32 Å². The van der Waals surface area contributed by atoms with Gasteiger partial charge in [-0.05, 0) is 13.3 Å². The lowest BCUT2D eigenvalue weighted by Gasteiger charge is -2.15. The van der Waals surface area contributed by atoms with Gasteiger partial charge in [0.05, 0.1) is 12.0 Å². The maximum atomic E-state index is 11.6. The molecule has 2 heteroatoms. The van der Waals surface area contributed by atoms with Crippen molar-refractivity contribution >= 4 is 5.91 Å². The fourth-order valence-corrected chi connectivity index (χ4v) is 1.72. The zero-order valence-corrected chi connectivity index (χ0v) is 7.66. The van der Waals surface area contributed by atoms with Crippen LogP contribution in [-0.4, -0.2) is 11.9 Å². The summed E-state index contributed by atoms with van der Waals surface area (Å²) in [5, 5.41) is 2.98. The van der Waals surface area contributed by atoms with Crippen molar-refractivity contribution in [3.63, 3.8) is 0 Å². The maximum Gasteiger partial charge on any atom is 0.231 e. The molecule has 0 radical (unpaired) electrons. The van der Waals surface area contributed by atoms with Crippen molar-refractivity contribution in [1.82, 2.24) is 5.32 Å². The van der Waals surface area contributed by atoms with Crippen molar-refractivity contribution in [3.8, 4) is 0 Å². The molecule has 2 nitrogen and oxygen atoms in total. The molecule has 0 aromatic heterocycles. The predicted octanol–water partition coefficient (Wildman–Crippen LogP) is 1.56. The summed E-state index contributed by atoms with van der Waals surface area (Å²) in [6.07, 6.45) is 11.0. The average Bonchev–Trinajstić information content (AvgIpc) is 2.18. The molecule has 0 aromatic carbocycles. The van der Waals surface area contributed by atoms with E-state index in [1.165, 1.54) is 0 Å². The minimum Gasteiger partial charge on any atom is -0.349 e. The van der Waals surface area contributed by atoms with Gasteiger partial charge in [-0.2, -0.15) is 0 Å². The molecule has 68 valence electrons. The van der Waals surface area contributed by atoms with E-state index >= 15 is 0 Å². The second-order valence-corrected chi connectivity index (χ2v) is 3.55. The Labute approximate surface area is 78.0 Å². The highest BCUT2D eigenvalue weighted by molar-refractivity contribution is 5.84. The highest BCUT2D eigenvalue weighted by Crippen LogP contribution is 2.19. The SMILES string of the molecule is CC1=CC[C@H]2C=CC=C[C@@H]1C(=O)N2. The molecule has 2 aliphatic rings. The van der Waals surface area contributed by atoms with Gasteiger partial charge in [-0.25, -0.2) is 0 Å². The second-order valence-electron chi connectivity index (χ2n) is 3.55. The molecular formula is C11H13NO. The van der Waals surface area contributed by atoms with E-state index in [0.717, 1.165) is 12.0 Å². The van der Waals surface area contributed by atoms with Crippen LogP contribution in [0.2, 0.25) is 0 Å². The van der Waals surface area contributed by atoms with Crippen molar-refractivity contribution in [2.45, 2.75) is 19.4 Å². The molecule has 0 unspecified atom stereocenters. The van der Waals surface area contributed by atoms with E-state index < -0.39 is 0 Å². The zero-order chi connectivity index (χ0) is 9.26. The van der Waals surface area contributed by atoms with E-state index in [-0.39, 0.29) is 17.9 Å². The smallest absolute Gasteiger partial charge is 0.231 e. The summed E-state index contributed by atoms with van der Waals surface area (Å²) >= 11 is 0. The van der Waals surface area contributed by atoms with Crippen LogP contribution in [-0.2, 0) is 4.79 Å². The van der Waals surface area contributed by atoms with E-state index in [2.05, 4.69) is 11.4 Å². The molecule has 2 aliphatic heterocycles. The summed E-state index contributed by atoms with van der Waals surface area (Å²) in [4.78, 5) is 11.6. The Morgan fingerprint density at radius 1 is 1.38 bits per heavy atom. The summed E-state index contributed by atoms with van der Waals surface area (Å²) in [5.41, 5.74) is 1.15. The molecule has 13 heavy (non-hydrogen) atoms. The van der Waals surface area contributed by atoms with Crippen molar-refractivity contribution in [2.24, 2.45) is 5.92 Å².